The van der Waals surface area contributed by atoms with E-state index in [2.05, 4.69) is 0 Å². The maximum absolute atomic E-state index is 13.4. The van der Waals surface area contributed by atoms with Gasteiger partial charge in [-0.15, -0.1) is 0 Å². The van der Waals surface area contributed by atoms with E-state index in [0.717, 1.165) is 6.42 Å². The van der Waals surface area contributed by atoms with Gasteiger partial charge in [-0.2, -0.15) is 5.26 Å². The van der Waals surface area contributed by atoms with Gasteiger partial charge < -0.3 is 19.3 Å². The highest BCUT2D eigenvalue weighted by atomic mass is 16.5. The van der Waals surface area contributed by atoms with Crippen LogP contribution in [0.2, 0.25) is 0 Å². The Labute approximate surface area is 214 Å². The van der Waals surface area contributed by atoms with Gasteiger partial charge in [-0.3, -0.25) is 14.5 Å². The summed E-state index contributed by atoms with van der Waals surface area (Å²) in [6.07, 6.45) is 0.813. The smallest absolute Gasteiger partial charge is 0.300 e. The summed E-state index contributed by atoms with van der Waals surface area (Å²) in [5.74, 6) is -0.580. The van der Waals surface area contributed by atoms with Crippen LogP contribution in [0.4, 0.5) is 5.69 Å². The molecule has 0 spiro atoms. The minimum absolute atomic E-state index is 0.0748. The molecule has 0 aromatic heterocycles. The second-order valence-corrected chi connectivity index (χ2v) is 8.32. The number of carbonyl (C=O) groups excluding carboxylic acids is 2. The monoisotopic (exact) mass is 498 g/mol. The predicted molar refractivity (Wildman–Crippen MR) is 138 cm³/mol. The number of methoxy groups -OCH3 is 2. The third kappa shape index (κ3) is 4.84. The van der Waals surface area contributed by atoms with Crippen LogP contribution in [-0.4, -0.2) is 37.6 Å². The average Bonchev–Trinajstić information content (AvgIpc) is 3.21. The van der Waals surface area contributed by atoms with Gasteiger partial charge in [-0.1, -0.05) is 19.1 Å². The molecule has 1 unspecified atom stereocenters. The first-order valence-corrected chi connectivity index (χ1v) is 11.7. The molecular formula is C29H26N2O6. The third-order valence-electron chi connectivity index (χ3n) is 6.02. The summed E-state index contributed by atoms with van der Waals surface area (Å²) >= 11 is 0. The number of benzene rings is 3. The number of aliphatic hydroxyl groups excluding tert-OH is 1. The highest BCUT2D eigenvalue weighted by molar-refractivity contribution is 6.51. The van der Waals surface area contributed by atoms with E-state index in [1.807, 2.05) is 13.0 Å². The summed E-state index contributed by atoms with van der Waals surface area (Å²) in [7, 11) is 2.96. The molecule has 1 heterocycles. The zero-order chi connectivity index (χ0) is 26.5. The summed E-state index contributed by atoms with van der Waals surface area (Å²) in [4.78, 5) is 28.1. The summed E-state index contributed by atoms with van der Waals surface area (Å²) < 4.78 is 16.4. The van der Waals surface area contributed by atoms with Crippen LogP contribution in [0, 0.1) is 11.3 Å². The quantitative estimate of drug-likeness (QED) is 0.265. The van der Waals surface area contributed by atoms with Crippen LogP contribution in [-0.2, 0) is 9.59 Å². The number of hydrogen-bond acceptors (Lipinski definition) is 7. The lowest BCUT2D eigenvalue weighted by molar-refractivity contribution is -0.132. The van der Waals surface area contributed by atoms with E-state index in [0.29, 0.717) is 46.2 Å². The van der Waals surface area contributed by atoms with Crippen LogP contribution >= 0.6 is 0 Å². The number of rotatable bonds is 8. The zero-order valence-corrected chi connectivity index (χ0v) is 20.7. The first-order chi connectivity index (χ1) is 17.9. The van der Waals surface area contributed by atoms with E-state index in [1.165, 1.54) is 19.1 Å². The van der Waals surface area contributed by atoms with E-state index >= 15 is 0 Å². The number of aliphatic hydroxyl groups is 1. The number of Topliss-reactive ketones (excluding diaryl/α,β-unsaturated/α-hetero) is 1. The van der Waals surface area contributed by atoms with E-state index in [1.54, 1.807) is 66.7 Å². The number of amides is 1. The van der Waals surface area contributed by atoms with E-state index < -0.39 is 17.7 Å². The van der Waals surface area contributed by atoms with E-state index in [-0.39, 0.29) is 11.3 Å². The molecule has 1 fully saturated rings. The van der Waals surface area contributed by atoms with Crippen molar-refractivity contribution in [2.45, 2.75) is 19.4 Å². The third-order valence-corrected chi connectivity index (χ3v) is 6.02. The van der Waals surface area contributed by atoms with Gasteiger partial charge in [0.15, 0.2) is 11.5 Å². The van der Waals surface area contributed by atoms with Crippen LogP contribution in [0.1, 0.15) is 36.1 Å². The molecule has 0 bridgehead atoms. The van der Waals surface area contributed by atoms with Gasteiger partial charge in [0, 0.05) is 11.3 Å². The van der Waals surface area contributed by atoms with Crippen LogP contribution < -0.4 is 19.1 Å². The minimum atomic E-state index is -0.939. The first kappa shape index (κ1) is 25.3. The molecule has 8 nitrogen and oxygen atoms in total. The fourth-order valence-corrected chi connectivity index (χ4v) is 4.24. The maximum atomic E-state index is 13.4. The van der Waals surface area contributed by atoms with Crippen LogP contribution in [0.25, 0.3) is 5.76 Å². The van der Waals surface area contributed by atoms with Crippen molar-refractivity contribution in [2.75, 3.05) is 25.7 Å². The van der Waals surface area contributed by atoms with Crippen molar-refractivity contribution < 1.29 is 28.9 Å². The van der Waals surface area contributed by atoms with Crippen LogP contribution in [0.3, 0.4) is 0 Å². The molecule has 0 aliphatic carbocycles. The number of ketones is 1. The summed E-state index contributed by atoms with van der Waals surface area (Å²) in [6, 6.07) is 19.3. The molecule has 4 rings (SSSR count). The summed E-state index contributed by atoms with van der Waals surface area (Å²) in [5.41, 5.74) is 1.63. The van der Waals surface area contributed by atoms with Crippen molar-refractivity contribution in [3.63, 3.8) is 0 Å². The lowest BCUT2D eigenvalue weighted by Gasteiger charge is -2.26. The summed E-state index contributed by atoms with van der Waals surface area (Å²) in [5, 5.41) is 20.6. The molecule has 0 radical (unpaired) electrons. The number of nitrogens with zero attached hydrogens (tertiary/aromatic N) is 2. The van der Waals surface area contributed by atoms with Crippen molar-refractivity contribution >= 4 is 23.1 Å². The maximum Gasteiger partial charge on any atom is 0.300 e. The molecule has 188 valence electrons. The Kier molecular flexibility index (Phi) is 7.44. The fourth-order valence-electron chi connectivity index (χ4n) is 4.24. The molecule has 1 N–H and O–H groups in total. The van der Waals surface area contributed by atoms with Crippen molar-refractivity contribution in [2.24, 2.45) is 0 Å². The number of carbonyl (C=O) groups is 2. The Morgan fingerprint density at radius 2 is 1.73 bits per heavy atom. The average molecular weight is 499 g/mol. The van der Waals surface area contributed by atoms with Gasteiger partial charge >= 0.3 is 0 Å². The normalized spacial score (nSPS) is 16.4. The van der Waals surface area contributed by atoms with Crippen molar-refractivity contribution in [1.29, 1.82) is 5.26 Å². The molecular weight excluding hydrogens is 472 g/mol. The molecule has 0 saturated carbocycles. The van der Waals surface area contributed by atoms with Gasteiger partial charge in [0.25, 0.3) is 11.7 Å². The molecule has 1 amide bonds. The van der Waals surface area contributed by atoms with Crippen LogP contribution in [0.5, 0.6) is 17.2 Å². The number of anilines is 1. The number of hydrogen-bond donors (Lipinski definition) is 1. The first-order valence-electron chi connectivity index (χ1n) is 11.7. The Morgan fingerprint density at radius 3 is 2.38 bits per heavy atom. The molecule has 3 aromatic rings. The topological polar surface area (TPSA) is 109 Å². The van der Waals surface area contributed by atoms with Crippen LogP contribution in [0.15, 0.2) is 72.3 Å². The zero-order valence-electron chi connectivity index (χ0n) is 20.7. The van der Waals surface area contributed by atoms with Crippen molar-refractivity contribution in [3.8, 4) is 23.3 Å². The van der Waals surface area contributed by atoms with Gasteiger partial charge in [-0.25, -0.2) is 0 Å². The SMILES string of the molecule is CCCOc1cccc(C2/C(=C(\O)c3ccc(OC)c(OC)c3)C(=O)C(=O)N2c2ccc(C#N)cc2)c1. The molecule has 37 heavy (non-hydrogen) atoms. The standard InChI is InChI=1S/C29H26N2O6/c1-4-14-37-22-7-5-6-19(15-22)26-25(27(32)20-10-13-23(35-2)24(16-20)36-3)28(33)29(34)31(26)21-11-8-18(17-30)9-12-21/h5-13,15-16,26,32H,4,14H2,1-3H3/b27-25+. The minimum Gasteiger partial charge on any atom is -0.507 e. The molecule has 1 aliphatic heterocycles. The molecule has 3 aromatic carbocycles. The number of ether oxygens (including phenoxy) is 3. The molecule has 1 atom stereocenters. The Hall–Kier alpha value is -4.77. The molecule has 8 heteroatoms. The number of nitriles is 1. The second kappa shape index (κ2) is 10.9. The van der Waals surface area contributed by atoms with E-state index in [4.69, 9.17) is 14.2 Å². The Balaban J connectivity index is 1.92. The molecule has 1 saturated heterocycles. The van der Waals surface area contributed by atoms with Crippen molar-refractivity contribution in [3.05, 3.63) is 89.0 Å². The second-order valence-electron chi connectivity index (χ2n) is 8.32. The highest BCUT2D eigenvalue weighted by Crippen LogP contribution is 2.43. The largest absolute Gasteiger partial charge is 0.507 e. The van der Waals surface area contributed by atoms with Gasteiger partial charge in [0.05, 0.1) is 44.1 Å². The molecule has 1 aliphatic rings. The Bertz CT molecular complexity index is 1400. The van der Waals surface area contributed by atoms with E-state index in [9.17, 15) is 20.0 Å². The highest BCUT2D eigenvalue weighted by Gasteiger charge is 2.47. The van der Waals surface area contributed by atoms with Gasteiger partial charge in [0.1, 0.15) is 11.5 Å². The lowest BCUT2D eigenvalue weighted by atomic mass is 9.94. The summed E-state index contributed by atoms with van der Waals surface area (Å²) in [6.45, 7) is 2.50. The van der Waals surface area contributed by atoms with Gasteiger partial charge in [0.2, 0.25) is 0 Å². The van der Waals surface area contributed by atoms with Crippen molar-refractivity contribution in [1.82, 2.24) is 0 Å². The lowest BCUT2D eigenvalue weighted by Crippen LogP contribution is -2.29. The Morgan fingerprint density at radius 1 is 1.00 bits per heavy atom. The van der Waals surface area contributed by atoms with Gasteiger partial charge in [-0.05, 0) is 66.6 Å². The fraction of sp³-hybridized carbons (Fsp3) is 0.207. The predicted octanol–water partition coefficient (Wildman–Crippen LogP) is 4.99.